The number of hydrogen-bond donors (Lipinski definition) is 2. The Hall–Kier alpha value is -2.02. The highest BCUT2D eigenvalue weighted by atomic mass is 32.2. The van der Waals surface area contributed by atoms with Crippen LogP contribution in [0.5, 0.6) is 0 Å². The lowest BCUT2D eigenvalue weighted by molar-refractivity contribution is 0.0899. The van der Waals surface area contributed by atoms with Crippen LogP contribution in [0.1, 0.15) is 27.2 Å². The zero-order chi connectivity index (χ0) is 25.8. The maximum absolute atomic E-state index is 12.7. The van der Waals surface area contributed by atoms with Gasteiger partial charge in [-0.25, -0.2) is 23.2 Å². The third kappa shape index (κ3) is 8.26. The summed E-state index contributed by atoms with van der Waals surface area (Å²) < 4.78 is 34.6. The lowest BCUT2D eigenvalue weighted by atomic mass is 9.98. The highest BCUT2D eigenvalue weighted by Gasteiger charge is 2.33. The van der Waals surface area contributed by atoms with Gasteiger partial charge in [0.1, 0.15) is 12.2 Å². The number of nitrogens with zero attached hydrogens (tertiary/aromatic N) is 4. The molecule has 2 N–H and O–H groups in total. The molecule has 1 fully saturated rings. The molecule has 0 aromatic carbocycles. The average molecular weight is 525 g/mol. The summed E-state index contributed by atoms with van der Waals surface area (Å²) in [6, 6.07) is 2.25. The third-order valence-electron chi connectivity index (χ3n) is 5.83. The first-order chi connectivity index (χ1) is 16.3. The summed E-state index contributed by atoms with van der Waals surface area (Å²) in [5, 5.41) is 5.64. The van der Waals surface area contributed by atoms with Gasteiger partial charge in [-0.05, 0) is 30.4 Å². The van der Waals surface area contributed by atoms with Crippen LogP contribution in [0.15, 0.2) is 18.5 Å². The topological polar surface area (TPSA) is 118 Å². The minimum atomic E-state index is -3.35. The summed E-state index contributed by atoms with van der Waals surface area (Å²) in [4.78, 5) is 21.6. The van der Waals surface area contributed by atoms with Crippen molar-refractivity contribution in [3.63, 3.8) is 0 Å². The van der Waals surface area contributed by atoms with E-state index >= 15 is 0 Å². The van der Waals surface area contributed by atoms with Gasteiger partial charge in [0.25, 0.3) is 0 Å². The normalized spacial score (nSPS) is 19.9. The molecule has 2 aromatic heterocycles. The van der Waals surface area contributed by atoms with Gasteiger partial charge in [-0.2, -0.15) is 4.31 Å². The molecule has 196 valence electrons. The molecule has 0 unspecified atom stereocenters. The molecule has 2 atom stereocenters. The molecule has 3 heterocycles. The number of amides is 2. The van der Waals surface area contributed by atoms with Crippen LogP contribution in [0.2, 0.25) is 25.7 Å². The highest BCUT2D eigenvalue weighted by molar-refractivity contribution is 7.89. The Bertz CT molecular complexity index is 1110. The summed E-state index contributed by atoms with van der Waals surface area (Å²) in [6.07, 6.45) is 4.11. The molecule has 12 heteroatoms. The molecule has 3 rings (SSSR count). The number of anilines is 1. The van der Waals surface area contributed by atoms with E-state index in [1.165, 1.54) is 10.5 Å². The number of carbonyl (C=O) groups is 1. The molecule has 0 saturated carbocycles. The number of nitrogens with one attached hydrogen (secondary N) is 2. The van der Waals surface area contributed by atoms with E-state index in [4.69, 9.17) is 4.74 Å². The number of fused-ring (bicyclic) bond motifs is 1. The van der Waals surface area contributed by atoms with Crippen LogP contribution >= 0.6 is 0 Å². The molecule has 0 bridgehead atoms. The first kappa shape index (κ1) is 27.6. The number of piperidine rings is 1. The first-order valence-corrected chi connectivity index (χ1v) is 17.6. The van der Waals surface area contributed by atoms with E-state index in [2.05, 4.69) is 40.2 Å². The largest absolute Gasteiger partial charge is 0.361 e. The van der Waals surface area contributed by atoms with Crippen molar-refractivity contribution in [2.45, 2.75) is 65.6 Å². The Morgan fingerprint density at radius 2 is 2.03 bits per heavy atom. The van der Waals surface area contributed by atoms with Crippen molar-refractivity contribution >= 4 is 41.1 Å². The van der Waals surface area contributed by atoms with Crippen LogP contribution in [-0.4, -0.2) is 72.9 Å². The van der Waals surface area contributed by atoms with Crippen molar-refractivity contribution in [3.05, 3.63) is 18.5 Å². The lowest BCUT2D eigenvalue weighted by Crippen LogP contribution is -2.53. The molecule has 1 saturated heterocycles. The summed E-state index contributed by atoms with van der Waals surface area (Å²) in [5.41, 5.74) is 1.35. The van der Waals surface area contributed by atoms with Crippen molar-refractivity contribution in [2.75, 3.05) is 30.8 Å². The standard InChI is InChI=1S/C23H40N6O4SSi/c1-17(2)15-34(31,32)29-13-18(3)11-19(14-29)25-23(30)27-21-12-24-22-20(26-21)7-8-28(22)16-33-9-10-35(4,5)6/h7-8,12,17-19H,9-11,13-16H2,1-6H3,(H2,25,26,27,30)/t18-,19-/m0/s1. The molecule has 0 radical (unpaired) electrons. The van der Waals surface area contributed by atoms with E-state index in [9.17, 15) is 13.2 Å². The predicted molar refractivity (Wildman–Crippen MR) is 142 cm³/mol. The predicted octanol–water partition coefficient (Wildman–Crippen LogP) is 3.56. The minimum absolute atomic E-state index is 0.0482. The molecule has 35 heavy (non-hydrogen) atoms. The summed E-state index contributed by atoms with van der Waals surface area (Å²) in [7, 11) is -4.49. The Balaban J connectivity index is 1.56. The monoisotopic (exact) mass is 524 g/mol. The Kier molecular flexibility index (Phi) is 8.94. The van der Waals surface area contributed by atoms with Gasteiger partial charge in [0, 0.05) is 40.0 Å². The zero-order valence-electron chi connectivity index (χ0n) is 21.7. The van der Waals surface area contributed by atoms with Crippen molar-refractivity contribution in [1.82, 2.24) is 24.2 Å². The summed E-state index contributed by atoms with van der Waals surface area (Å²) >= 11 is 0. The molecule has 1 aliphatic rings. The smallest absolute Gasteiger partial charge is 0.320 e. The Labute approximate surface area is 209 Å². The van der Waals surface area contributed by atoms with Crippen molar-refractivity contribution < 1.29 is 17.9 Å². The maximum Gasteiger partial charge on any atom is 0.320 e. The summed E-state index contributed by atoms with van der Waals surface area (Å²) in [6.45, 7) is 14.6. The fourth-order valence-electron chi connectivity index (χ4n) is 4.17. The average Bonchev–Trinajstić information content (AvgIpc) is 3.11. The van der Waals surface area contributed by atoms with Crippen LogP contribution in [0.3, 0.4) is 0 Å². The van der Waals surface area contributed by atoms with Crippen molar-refractivity contribution in [3.8, 4) is 0 Å². The summed E-state index contributed by atoms with van der Waals surface area (Å²) in [5.74, 6) is 0.643. The van der Waals surface area contributed by atoms with Gasteiger partial charge in [0.2, 0.25) is 10.0 Å². The second kappa shape index (κ2) is 11.4. The van der Waals surface area contributed by atoms with E-state index in [0.29, 0.717) is 36.7 Å². The van der Waals surface area contributed by atoms with E-state index in [0.717, 1.165) is 12.7 Å². The van der Waals surface area contributed by atoms with Crippen molar-refractivity contribution in [1.29, 1.82) is 0 Å². The number of hydrogen-bond acceptors (Lipinski definition) is 6. The zero-order valence-corrected chi connectivity index (χ0v) is 23.6. The fraction of sp³-hybridized carbons (Fsp3) is 0.696. The molecular weight excluding hydrogens is 484 g/mol. The molecule has 2 amide bonds. The molecule has 1 aliphatic heterocycles. The quantitative estimate of drug-likeness (QED) is 0.362. The van der Waals surface area contributed by atoms with Crippen LogP contribution < -0.4 is 10.6 Å². The van der Waals surface area contributed by atoms with Crippen LogP contribution in [0, 0.1) is 11.8 Å². The van der Waals surface area contributed by atoms with Crippen molar-refractivity contribution in [2.24, 2.45) is 11.8 Å². The van der Waals surface area contributed by atoms with Gasteiger partial charge in [0.15, 0.2) is 11.5 Å². The number of rotatable bonds is 10. The SMILES string of the molecule is CC(C)CS(=O)(=O)N1C[C@@H](C)C[C@H](NC(=O)Nc2cnc3c(ccn3COCC[Si](C)(C)C)n2)C1. The molecular formula is C23H40N6O4SSi. The lowest BCUT2D eigenvalue weighted by Gasteiger charge is -2.36. The number of sulfonamides is 1. The van der Waals surface area contributed by atoms with E-state index in [1.54, 1.807) is 0 Å². The van der Waals surface area contributed by atoms with Gasteiger partial charge in [-0.1, -0.05) is 40.4 Å². The second-order valence-electron chi connectivity index (χ2n) is 11.2. The van der Waals surface area contributed by atoms with E-state index in [1.807, 2.05) is 37.6 Å². The van der Waals surface area contributed by atoms with E-state index < -0.39 is 24.1 Å². The van der Waals surface area contributed by atoms with Gasteiger partial charge in [0.05, 0.1) is 11.9 Å². The van der Waals surface area contributed by atoms with Gasteiger partial charge >= 0.3 is 6.03 Å². The number of urea groups is 1. The third-order valence-corrected chi connectivity index (χ3v) is 9.71. The maximum atomic E-state index is 12.7. The van der Waals surface area contributed by atoms with Crippen LogP contribution in [-0.2, 0) is 21.5 Å². The Morgan fingerprint density at radius 3 is 2.71 bits per heavy atom. The van der Waals surface area contributed by atoms with Crippen LogP contribution in [0.25, 0.3) is 11.2 Å². The Morgan fingerprint density at radius 1 is 1.29 bits per heavy atom. The fourth-order valence-corrected chi connectivity index (χ4v) is 6.86. The van der Waals surface area contributed by atoms with Gasteiger partial charge in [-0.3, -0.25) is 5.32 Å². The number of aromatic nitrogens is 3. The molecule has 2 aromatic rings. The minimum Gasteiger partial charge on any atom is -0.361 e. The molecule has 0 aliphatic carbocycles. The molecule has 10 nitrogen and oxygen atoms in total. The second-order valence-corrected chi connectivity index (χ2v) is 18.9. The number of ether oxygens (including phenoxy) is 1. The first-order valence-electron chi connectivity index (χ1n) is 12.3. The van der Waals surface area contributed by atoms with Crippen LogP contribution in [0.4, 0.5) is 10.6 Å². The number of carbonyl (C=O) groups excluding carboxylic acids is 1. The molecule has 0 spiro atoms. The van der Waals surface area contributed by atoms with Gasteiger partial charge in [-0.15, -0.1) is 0 Å². The van der Waals surface area contributed by atoms with E-state index in [-0.39, 0.29) is 30.2 Å². The highest BCUT2D eigenvalue weighted by Crippen LogP contribution is 2.21. The van der Waals surface area contributed by atoms with Gasteiger partial charge < -0.3 is 14.6 Å².